The third kappa shape index (κ3) is 2.75. The average molecular weight is 342 g/mol. The van der Waals surface area contributed by atoms with Crippen molar-refractivity contribution in [1.29, 1.82) is 0 Å². The number of aliphatic hydroxyl groups excluding tert-OH is 1. The van der Waals surface area contributed by atoms with Gasteiger partial charge < -0.3 is 19.7 Å². The maximum Gasteiger partial charge on any atom is 0.234 e. The Morgan fingerprint density at radius 1 is 1.28 bits per heavy atom. The highest BCUT2D eigenvalue weighted by atomic mass is 16.5. The van der Waals surface area contributed by atoms with Crippen LogP contribution >= 0.6 is 0 Å². The van der Waals surface area contributed by atoms with Crippen LogP contribution in [0, 0.1) is 6.92 Å². The number of rotatable bonds is 3. The molecule has 25 heavy (non-hydrogen) atoms. The van der Waals surface area contributed by atoms with E-state index in [1.54, 1.807) is 0 Å². The first-order valence-electron chi connectivity index (χ1n) is 8.69. The van der Waals surface area contributed by atoms with Gasteiger partial charge in [0.1, 0.15) is 5.41 Å². The first-order valence-corrected chi connectivity index (χ1v) is 8.69. The van der Waals surface area contributed by atoms with Gasteiger partial charge in [0, 0.05) is 25.7 Å². The van der Waals surface area contributed by atoms with Crippen molar-refractivity contribution in [3.8, 4) is 0 Å². The van der Waals surface area contributed by atoms with Crippen LogP contribution < -0.4 is 5.32 Å². The maximum atomic E-state index is 13.3. The summed E-state index contributed by atoms with van der Waals surface area (Å²) in [5, 5.41) is 17.4. The molecule has 1 aromatic carbocycles. The van der Waals surface area contributed by atoms with Crippen LogP contribution in [-0.4, -0.2) is 29.4 Å². The third-order valence-corrected chi connectivity index (χ3v) is 5.38. The van der Waals surface area contributed by atoms with E-state index in [9.17, 15) is 9.90 Å². The molecule has 0 spiro atoms. The molecule has 6 heteroatoms. The molecule has 6 nitrogen and oxygen atoms in total. The molecular weight excluding hydrogens is 320 g/mol. The lowest BCUT2D eigenvalue weighted by Gasteiger charge is -2.34. The molecule has 1 saturated heterocycles. The molecule has 2 aromatic rings. The van der Waals surface area contributed by atoms with Crippen LogP contribution in [-0.2, 0) is 14.9 Å². The number of nitrogens with zero attached hydrogens (tertiary/aromatic N) is 1. The van der Waals surface area contributed by atoms with E-state index >= 15 is 0 Å². The van der Waals surface area contributed by atoms with Crippen LogP contribution in [0.3, 0.4) is 0 Å². The lowest BCUT2D eigenvalue weighted by molar-refractivity contribution is -0.132. The summed E-state index contributed by atoms with van der Waals surface area (Å²) in [6, 6.07) is 9.36. The summed E-state index contributed by atoms with van der Waals surface area (Å²) in [4.78, 5) is 13.3. The molecule has 0 saturated carbocycles. The van der Waals surface area contributed by atoms with E-state index in [1.807, 2.05) is 37.3 Å². The number of benzene rings is 1. The molecule has 2 unspecified atom stereocenters. The smallest absolute Gasteiger partial charge is 0.234 e. The quantitative estimate of drug-likeness (QED) is 0.894. The second-order valence-electron chi connectivity index (χ2n) is 6.93. The van der Waals surface area contributed by atoms with Crippen LogP contribution in [0.4, 0.5) is 0 Å². The van der Waals surface area contributed by atoms with Crippen LogP contribution in [0.5, 0.6) is 0 Å². The number of aliphatic hydroxyl groups is 1. The molecule has 132 valence electrons. The minimum atomic E-state index is -0.762. The first-order chi connectivity index (χ1) is 12.1. The van der Waals surface area contributed by atoms with Gasteiger partial charge in [-0.05, 0) is 30.9 Å². The number of hydrogen-bond donors (Lipinski definition) is 2. The van der Waals surface area contributed by atoms with E-state index in [4.69, 9.17) is 9.26 Å². The highest BCUT2D eigenvalue weighted by Gasteiger charge is 2.46. The molecule has 2 atom stereocenters. The van der Waals surface area contributed by atoms with Crippen molar-refractivity contribution < 1.29 is 19.2 Å². The van der Waals surface area contributed by atoms with Crippen LogP contribution in [0.2, 0.25) is 0 Å². The van der Waals surface area contributed by atoms with Crippen molar-refractivity contribution >= 4 is 5.91 Å². The van der Waals surface area contributed by atoms with Crippen molar-refractivity contribution in [3.05, 3.63) is 52.9 Å². The van der Waals surface area contributed by atoms with Crippen molar-refractivity contribution in [2.24, 2.45) is 0 Å². The number of hydrogen-bond acceptors (Lipinski definition) is 5. The number of ether oxygens (including phenoxy) is 1. The Kier molecular flexibility index (Phi) is 4.09. The molecule has 1 aliphatic carbocycles. The number of nitrogens with one attached hydrogen (secondary N) is 1. The lowest BCUT2D eigenvalue weighted by Crippen LogP contribution is -2.48. The molecule has 1 fully saturated rings. The number of aryl methyl sites for hydroxylation is 1. The predicted molar refractivity (Wildman–Crippen MR) is 89.9 cm³/mol. The van der Waals surface area contributed by atoms with E-state index in [0.717, 1.165) is 16.8 Å². The minimum absolute atomic E-state index is 0.0825. The van der Waals surface area contributed by atoms with E-state index in [2.05, 4.69) is 10.5 Å². The topological polar surface area (TPSA) is 84.6 Å². The molecule has 2 aliphatic rings. The van der Waals surface area contributed by atoms with Gasteiger partial charge in [-0.1, -0.05) is 29.4 Å². The van der Waals surface area contributed by atoms with Gasteiger partial charge in [0.05, 0.1) is 17.8 Å². The zero-order chi connectivity index (χ0) is 17.4. The summed E-state index contributed by atoms with van der Waals surface area (Å²) in [7, 11) is 0. The molecule has 4 rings (SSSR count). The summed E-state index contributed by atoms with van der Waals surface area (Å²) in [5.74, 6) is 0.512. The fourth-order valence-corrected chi connectivity index (χ4v) is 3.94. The van der Waals surface area contributed by atoms with Crippen molar-refractivity contribution in [2.75, 3.05) is 13.2 Å². The van der Waals surface area contributed by atoms with Gasteiger partial charge in [0.2, 0.25) is 5.91 Å². The molecule has 1 amide bonds. The van der Waals surface area contributed by atoms with Crippen molar-refractivity contribution in [1.82, 2.24) is 10.5 Å². The number of carbonyl (C=O) groups is 1. The van der Waals surface area contributed by atoms with Gasteiger partial charge in [-0.3, -0.25) is 4.79 Å². The molecule has 2 N–H and O–H groups in total. The number of amides is 1. The molecule has 1 aliphatic heterocycles. The van der Waals surface area contributed by atoms with Crippen LogP contribution in [0.25, 0.3) is 0 Å². The van der Waals surface area contributed by atoms with E-state index in [0.29, 0.717) is 38.2 Å². The van der Waals surface area contributed by atoms with E-state index in [1.165, 1.54) is 0 Å². The largest absolute Gasteiger partial charge is 0.388 e. The van der Waals surface area contributed by atoms with Gasteiger partial charge in [0.25, 0.3) is 0 Å². The molecule has 2 heterocycles. The van der Waals surface area contributed by atoms with E-state index in [-0.39, 0.29) is 11.9 Å². The summed E-state index contributed by atoms with van der Waals surface area (Å²) in [6.07, 6.45) is 1.07. The fraction of sp³-hybridized carbons (Fsp3) is 0.474. The SMILES string of the molecule is Cc1cc(C2(C(=O)NC3CC(O)c4ccccc43)CCOCC2)on1. The van der Waals surface area contributed by atoms with Crippen molar-refractivity contribution in [2.45, 2.75) is 43.7 Å². The Morgan fingerprint density at radius 3 is 2.68 bits per heavy atom. The summed E-state index contributed by atoms with van der Waals surface area (Å²) < 4.78 is 10.9. The Balaban J connectivity index is 1.62. The monoisotopic (exact) mass is 342 g/mol. The standard InChI is InChI=1S/C19H22N2O4/c1-12-10-17(25-21-12)19(6-8-24-9-7-19)18(23)20-15-11-16(22)14-5-3-2-4-13(14)15/h2-5,10,15-16,22H,6-9,11H2,1H3,(H,20,23). The number of fused-ring (bicyclic) bond motifs is 1. The van der Waals surface area contributed by atoms with Gasteiger partial charge >= 0.3 is 0 Å². The lowest BCUT2D eigenvalue weighted by atomic mass is 9.76. The first kappa shape index (κ1) is 16.3. The maximum absolute atomic E-state index is 13.3. The third-order valence-electron chi connectivity index (χ3n) is 5.38. The Labute approximate surface area is 146 Å². The number of aromatic nitrogens is 1. The summed E-state index contributed by atoms with van der Waals surface area (Å²) in [5.41, 5.74) is 1.88. The van der Waals surface area contributed by atoms with Crippen molar-refractivity contribution in [3.63, 3.8) is 0 Å². The zero-order valence-corrected chi connectivity index (χ0v) is 14.2. The second-order valence-corrected chi connectivity index (χ2v) is 6.93. The average Bonchev–Trinajstić information content (AvgIpc) is 3.20. The Bertz CT molecular complexity index is 779. The van der Waals surface area contributed by atoms with Crippen LogP contribution in [0.15, 0.2) is 34.9 Å². The Hall–Kier alpha value is -2.18. The highest BCUT2D eigenvalue weighted by molar-refractivity contribution is 5.88. The predicted octanol–water partition coefficient (Wildman–Crippen LogP) is 2.33. The van der Waals surface area contributed by atoms with Gasteiger partial charge in [-0.2, -0.15) is 0 Å². The van der Waals surface area contributed by atoms with E-state index < -0.39 is 11.5 Å². The zero-order valence-electron chi connectivity index (χ0n) is 14.2. The second kappa shape index (κ2) is 6.28. The van der Waals surface area contributed by atoms with Crippen LogP contribution in [0.1, 0.15) is 54.0 Å². The summed E-state index contributed by atoms with van der Waals surface area (Å²) in [6.45, 7) is 2.87. The van der Waals surface area contributed by atoms with Gasteiger partial charge in [-0.25, -0.2) is 0 Å². The normalized spacial score (nSPS) is 24.7. The fourth-order valence-electron chi connectivity index (χ4n) is 3.94. The van der Waals surface area contributed by atoms with Gasteiger partial charge in [0.15, 0.2) is 5.76 Å². The molecule has 1 aromatic heterocycles. The molecule has 0 radical (unpaired) electrons. The molecule has 0 bridgehead atoms. The summed E-state index contributed by atoms with van der Waals surface area (Å²) >= 11 is 0. The Morgan fingerprint density at radius 2 is 2.00 bits per heavy atom. The highest BCUT2D eigenvalue weighted by Crippen LogP contribution is 2.41. The van der Waals surface area contributed by atoms with Gasteiger partial charge in [-0.15, -0.1) is 0 Å². The molecular formula is C19H22N2O4. The number of carbonyl (C=O) groups excluding carboxylic acids is 1. The minimum Gasteiger partial charge on any atom is -0.388 e.